The van der Waals surface area contributed by atoms with Gasteiger partial charge in [-0.15, -0.1) is 16.4 Å². The quantitative estimate of drug-likeness (QED) is 0.846. The van der Waals surface area contributed by atoms with Gasteiger partial charge in [-0.3, -0.25) is 4.79 Å². The third-order valence-electron chi connectivity index (χ3n) is 3.46. The summed E-state index contributed by atoms with van der Waals surface area (Å²) in [5, 5.41) is 22.7. The summed E-state index contributed by atoms with van der Waals surface area (Å²) in [5.41, 5.74) is 0. The molecular weight excluding hydrogens is 276 g/mol. The maximum absolute atomic E-state index is 11.0. The molecule has 108 valence electrons. The second kappa shape index (κ2) is 6.60. The Labute approximate surface area is 121 Å². The van der Waals surface area contributed by atoms with Crippen molar-refractivity contribution < 1.29 is 9.90 Å². The number of aromatic nitrogens is 4. The van der Waals surface area contributed by atoms with Gasteiger partial charge in [-0.1, -0.05) is 6.07 Å². The van der Waals surface area contributed by atoms with Crippen molar-refractivity contribution >= 4 is 17.3 Å². The van der Waals surface area contributed by atoms with Gasteiger partial charge in [0.15, 0.2) is 5.82 Å². The lowest BCUT2D eigenvalue weighted by molar-refractivity contribution is -0.142. The van der Waals surface area contributed by atoms with Crippen LogP contribution in [-0.2, 0) is 17.6 Å². The van der Waals surface area contributed by atoms with Crippen molar-refractivity contribution in [3.63, 3.8) is 0 Å². The number of aryl methyl sites for hydroxylation is 2. The predicted octanol–water partition coefficient (Wildman–Crippen LogP) is 2.19. The first-order chi connectivity index (χ1) is 9.59. The van der Waals surface area contributed by atoms with Crippen LogP contribution in [-0.4, -0.2) is 31.3 Å². The molecule has 0 bridgehead atoms. The monoisotopic (exact) mass is 294 g/mol. The highest BCUT2D eigenvalue weighted by Gasteiger charge is 2.24. The lowest BCUT2D eigenvalue weighted by Crippen LogP contribution is -2.24. The van der Waals surface area contributed by atoms with Crippen molar-refractivity contribution in [3.8, 4) is 0 Å². The number of nitrogens with zero attached hydrogens (tertiary/aromatic N) is 4. The molecule has 2 heterocycles. The fraction of sp³-hybridized carbons (Fsp3) is 0.538. The van der Waals surface area contributed by atoms with E-state index in [0.717, 1.165) is 25.1 Å². The standard InChI is InChI=1S/C13H18N4O2S/c1-9(13(18)19)10(2)17-12(14-15-16-17)7-3-5-11-6-4-8-20-11/h4,6,8-10H,3,5,7H2,1-2H3,(H,18,19). The Hall–Kier alpha value is -1.76. The molecule has 0 radical (unpaired) electrons. The normalized spacial score (nSPS) is 14.1. The van der Waals surface area contributed by atoms with Gasteiger partial charge in [-0.05, 0) is 48.6 Å². The summed E-state index contributed by atoms with van der Waals surface area (Å²) in [6.07, 6.45) is 2.70. The highest BCUT2D eigenvalue weighted by atomic mass is 32.1. The first-order valence-corrected chi connectivity index (χ1v) is 7.49. The minimum absolute atomic E-state index is 0.251. The van der Waals surface area contributed by atoms with Crippen LogP contribution in [0.2, 0.25) is 0 Å². The van der Waals surface area contributed by atoms with Crippen LogP contribution in [0.1, 0.15) is 37.0 Å². The molecule has 2 rings (SSSR count). The molecule has 1 N–H and O–H groups in total. The van der Waals surface area contributed by atoms with Gasteiger partial charge in [0, 0.05) is 11.3 Å². The van der Waals surface area contributed by atoms with Crippen molar-refractivity contribution in [2.75, 3.05) is 0 Å². The molecule has 6 nitrogen and oxygen atoms in total. The van der Waals surface area contributed by atoms with Gasteiger partial charge in [0.2, 0.25) is 0 Å². The summed E-state index contributed by atoms with van der Waals surface area (Å²) in [6, 6.07) is 3.91. The molecule has 7 heteroatoms. The van der Waals surface area contributed by atoms with Crippen molar-refractivity contribution in [2.24, 2.45) is 5.92 Å². The number of hydrogen-bond acceptors (Lipinski definition) is 5. The van der Waals surface area contributed by atoms with Crippen LogP contribution in [0.4, 0.5) is 0 Å². The van der Waals surface area contributed by atoms with E-state index in [2.05, 4.69) is 27.0 Å². The molecule has 0 aromatic carbocycles. The fourth-order valence-electron chi connectivity index (χ4n) is 1.99. The number of carboxylic acid groups (broad SMARTS) is 1. The Balaban J connectivity index is 1.96. The van der Waals surface area contributed by atoms with Gasteiger partial charge < -0.3 is 5.11 Å². The SMILES string of the molecule is CC(C(=O)O)C(C)n1nnnc1CCCc1cccs1. The summed E-state index contributed by atoms with van der Waals surface area (Å²) in [7, 11) is 0. The number of tetrazole rings is 1. The minimum Gasteiger partial charge on any atom is -0.481 e. The third kappa shape index (κ3) is 3.41. The van der Waals surface area contributed by atoms with E-state index in [9.17, 15) is 4.79 Å². The summed E-state index contributed by atoms with van der Waals surface area (Å²) < 4.78 is 1.63. The molecule has 0 spiro atoms. The molecule has 2 aromatic rings. The van der Waals surface area contributed by atoms with Crippen LogP contribution in [0, 0.1) is 5.92 Å². The van der Waals surface area contributed by atoms with Crippen molar-refractivity contribution in [1.82, 2.24) is 20.2 Å². The zero-order valence-electron chi connectivity index (χ0n) is 11.6. The summed E-state index contributed by atoms with van der Waals surface area (Å²) in [6.45, 7) is 3.50. The predicted molar refractivity (Wildman–Crippen MR) is 75.7 cm³/mol. The van der Waals surface area contributed by atoms with E-state index < -0.39 is 11.9 Å². The van der Waals surface area contributed by atoms with E-state index in [1.54, 1.807) is 22.9 Å². The molecule has 2 unspecified atom stereocenters. The Kier molecular flexibility index (Phi) is 4.84. The molecular formula is C13H18N4O2S. The zero-order chi connectivity index (χ0) is 14.5. The average molecular weight is 294 g/mol. The van der Waals surface area contributed by atoms with Crippen molar-refractivity contribution in [1.29, 1.82) is 0 Å². The maximum atomic E-state index is 11.0. The van der Waals surface area contributed by atoms with Crippen molar-refractivity contribution in [2.45, 2.75) is 39.2 Å². The first kappa shape index (κ1) is 14.6. The van der Waals surface area contributed by atoms with Crippen LogP contribution in [0.25, 0.3) is 0 Å². The Morgan fingerprint density at radius 3 is 2.90 bits per heavy atom. The van der Waals surface area contributed by atoms with Gasteiger partial charge in [0.25, 0.3) is 0 Å². The van der Waals surface area contributed by atoms with E-state index >= 15 is 0 Å². The Morgan fingerprint density at radius 1 is 1.45 bits per heavy atom. The van der Waals surface area contributed by atoms with Crippen LogP contribution in [0.15, 0.2) is 17.5 Å². The maximum Gasteiger partial charge on any atom is 0.308 e. The average Bonchev–Trinajstić information content (AvgIpc) is 3.08. The largest absolute Gasteiger partial charge is 0.481 e. The first-order valence-electron chi connectivity index (χ1n) is 6.61. The fourth-order valence-corrected chi connectivity index (χ4v) is 2.74. The minimum atomic E-state index is -0.836. The molecule has 0 saturated carbocycles. The lowest BCUT2D eigenvalue weighted by atomic mass is 10.0. The van der Waals surface area contributed by atoms with Gasteiger partial charge >= 0.3 is 5.97 Å². The number of carboxylic acids is 1. The van der Waals surface area contributed by atoms with E-state index in [1.165, 1.54) is 4.88 Å². The number of aliphatic carboxylic acids is 1. The van der Waals surface area contributed by atoms with Gasteiger partial charge in [0.1, 0.15) is 0 Å². The van der Waals surface area contributed by atoms with E-state index in [4.69, 9.17) is 5.11 Å². The number of thiophene rings is 1. The van der Waals surface area contributed by atoms with E-state index in [0.29, 0.717) is 0 Å². The zero-order valence-corrected chi connectivity index (χ0v) is 12.4. The molecule has 0 fully saturated rings. The Morgan fingerprint density at radius 2 is 2.25 bits per heavy atom. The lowest BCUT2D eigenvalue weighted by Gasteiger charge is -2.17. The van der Waals surface area contributed by atoms with Crippen LogP contribution < -0.4 is 0 Å². The van der Waals surface area contributed by atoms with Crippen LogP contribution in [0.3, 0.4) is 0 Å². The van der Waals surface area contributed by atoms with Crippen LogP contribution in [0.5, 0.6) is 0 Å². The molecule has 2 aromatic heterocycles. The molecule has 20 heavy (non-hydrogen) atoms. The highest BCUT2D eigenvalue weighted by Crippen LogP contribution is 2.19. The summed E-state index contributed by atoms with van der Waals surface area (Å²) in [5.74, 6) is -0.603. The molecule has 0 aliphatic rings. The van der Waals surface area contributed by atoms with Gasteiger partial charge in [0.05, 0.1) is 12.0 Å². The number of rotatable bonds is 7. The molecule has 0 saturated heterocycles. The van der Waals surface area contributed by atoms with Crippen LogP contribution >= 0.6 is 11.3 Å². The van der Waals surface area contributed by atoms with Gasteiger partial charge in [-0.25, -0.2) is 4.68 Å². The van der Waals surface area contributed by atoms with E-state index in [1.807, 2.05) is 13.0 Å². The highest BCUT2D eigenvalue weighted by molar-refractivity contribution is 7.09. The number of carbonyl (C=O) groups is 1. The summed E-state index contributed by atoms with van der Waals surface area (Å²) >= 11 is 1.74. The molecule has 2 atom stereocenters. The second-order valence-electron chi connectivity index (χ2n) is 4.84. The number of hydrogen-bond donors (Lipinski definition) is 1. The topological polar surface area (TPSA) is 80.9 Å². The van der Waals surface area contributed by atoms with Gasteiger partial charge in [-0.2, -0.15) is 0 Å². The summed E-state index contributed by atoms with van der Waals surface area (Å²) in [4.78, 5) is 12.4. The molecule has 0 aliphatic heterocycles. The third-order valence-corrected chi connectivity index (χ3v) is 4.40. The van der Waals surface area contributed by atoms with Crippen molar-refractivity contribution in [3.05, 3.63) is 28.2 Å². The van der Waals surface area contributed by atoms with E-state index in [-0.39, 0.29) is 6.04 Å². The smallest absolute Gasteiger partial charge is 0.308 e. The Bertz CT molecular complexity index is 552. The molecule has 0 amide bonds. The second-order valence-corrected chi connectivity index (χ2v) is 5.87. The molecule has 0 aliphatic carbocycles.